The summed E-state index contributed by atoms with van der Waals surface area (Å²) in [5.41, 5.74) is 0.309. The summed E-state index contributed by atoms with van der Waals surface area (Å²) in [5, 5.41) is 8.46. The second-order valence-corrected chi connectivity index (χ2v) is 2.73. The molecule has 0 heterocycles. The second kappa shape index (κ2) is 5.40. The van der Waals surface area contributed by atoms with Crippen molar-refractivity contribution in [2.75, 3.05) is 0 Å². The Balaban J connectivity index is 0.000001000. The average Bonchev–Trinajstić information content (AvgIpc) is 1.88. The van der Waals surface area contributed by atoms with E-state index in [1.54, 1.807) is 24.3 Å². The van der Waals surface area contributed by atoms with Crippen molar-refractivity contribution in [2.24, 2.45) is 0 Å². The van der Waals surface area contributed by atoms with Crippen LogP contribution in [-0.2, 0) is 0 Å². The molecule has 1 rings (SSSR count). The van der Waals surface area contributed by atoms with Crippen molar-refractivity contribution in [1.82, 2.24) is 0 Å². The Morgan fingerprint density at radius 1 is 1.27 bits per heavy atom. The van der Waals surface area contributed by atoms with Gasteiger partial charge in [-0.1, -0.05) is 15.9 Å². The Labute approximate surface area is 113 Å². The number of carboxylic acids is 1. The van der Waals surface area contributed by atoms with Crippen molar-refractivity contribution in [1.29, 1.82) is 0 Å². The van der Waals surface area contributed by atoms with E-state index in [1.165, 1.54) is 0 Å². The number of hydrogen-bond acceptors (Lipinski definition) is 1. The summed E-state index contributed by atoms with van der Waals surface area (Å²) in [7, 11) is 0. The second-order valence-electron chi connectivity index (χ2n) is 1.81. The molecule has 0 saturated heterocycles. The van der Waals surface area contributed by atoms with Gasteiger partial charge in [-0.05, 0) is 24.3 Å². The van der Waals surface area contributed by atoms with Crippen molar-refractivity contribution in [3.05, 3.63) is 34.3 Å². The van der Waals surface area contributed by atoms with E-state index in [1.807, 2.05) is 0 Å². The zero-order chi connectivity index (χ0) is 7.56. The number of carbonyl (C=O) groups is 1. The van der Waals surface area contributed by atoms with E-state index in [2.05, 4.69) is 15.9 Å². The molecule has 1 aromatic carbocycles. The third-order valence-corrected chi connectivity index (χ3v) is 1.62. The first kappa shape index (κ1) is 11.7. The van der Waals surface area contributed by atoms with Crippen LogP contribution in [0.5, 0.6) is 0 Å². The fourth-order valence-electron chi connectivity index (χ4n) is 0.592. The Bertz CT molecular complexity index is 245. The van der Waals surface area contributed by atoms with Gasteiger partial charge in [0.25, 0.3) is 0 Å². The normalized spacial score (nSPS) is 8.45. The van der Waals surface area contributed by atoms with Gasteiger partial charge in [-0.25, -0.2) is 4.79 Å². The molecule has 0 atom stereocenters. The zero-order valence-electron chi connectivity index (χ0n) is 5.75. The van der Waals surface area contributed by atoms with E-state index >= 15 is 0 Å². The summed E-state index contributed by atoms with van der Waals surface area (Å²) in [6, 6.07) is 6.49. The molecule has 0 spiro atoms. The quantitative estimate of drug-likeness (QED) is 0.793. The smallest absolute Gasteiger partial charge is 0.478 e. The van der Waals surface area contributed by atoms with E-state index in [-0.39, 0.29) is 48.9 Å². The maximum atomic E-state index is 10.3. The Morgan fingerprint density at radius 2 is 1.73 bits per heavy atom. The van der Waals surface area contributed by atoms with Crippen LogP contribution in [0.3, 0.4) is 0 Å². The number of halogens is 1. The predicted molar refractivity (Wildman–Crippen MR) is 46.9 cm³/mol. The summed E-state index contributed by atoms with van der Waals surface area (Å²) in [6.45, 7) is 0. The molecule has 0 unspecified atom stereocenters. The number of rotatable bonds is 1. The number of aromatic carboxylic acids is 1. The molecule has 0 saturated carbocycles. The van der Waals surface area contributed by atoms with Crippen LogP contribution in [-0.4, -0.2) is 60.0 Å². The van der Waals surface area contributed by atoms with Gasteiger partial charge in [0.2, 0.25) is 0 Å². The van der Waals surface area contributed by atoms with E-state index < -0.39 is 5.97 Å². The van der Waals surface area contributed by atoms with Gasteiger partial charge in [0, 0.05) is 4.47 Å². The van der Waals surface area contributed by atoms with E-state index in [9.17, 15) is 4.79 Å². The fraction of sp³-hybridized carbons (Fsp3) is 0. The first-order valence-corrected chi connectivity index (χ1v) is 3.48. The standard InChI is InChI=1S/C7H5BrO2.Ba/c8-6-3-1-5(2-4-6)7(9)10;/h1-4H,(H,9,10);/q;+2. The molecule has 0 fully saturated rings. The molecule has 1 aromatic rings. The predicted octanol–water partition coefficient (Wildman–Crippen LogP) is 1.77. The molecule has 1 N–H and O–H groups in total. The Hall–Kier alpha value is 0.741. The average molecular weight is 338 g/mol. The molecule has 4 heteroatoms. The summed E-state index contributed by atoms with van der Waals surface area (Å²) >= 11 is 3.20. The van der Waals surface area contributed by atoms with Crippen molar-refractivity contribution < 1.29 is 9.90 Å². The number of benzene rings is 1. The van der Waals surface area contributed by atoms with Gasteiger partial charge in [-0.2, -0.15) is 0 Å². The van der Waals surface area contributed by atoms with Gasteiger partial charge >= 0.3 is 54.9 Å². The van der Waals surface area contributed by atoms with Gasteiger partial charge in [0.1, 0.15) is 0 Å². The molecule has 2 nitrogen and oxygen atoms in total. The maximum Gasteiger partial charge on any atom is 2.00 e. The van der Waals surface area contributed by atoms with Gasteiger partial charge < -0.3 is 5.11 Å². The minimum Gasteiger partial charge on any atom is -0.478 e. The van der Waals surface area contributed by atoms with Crippen LogP contribution in [0.4, 0.5) is 0 Å². The molecule has 0 radical (unpaired) electrons. The third-order valence-electron chi connectivity index (χ3n) is 1.09. The molecule has 0 bridgehead atoms. The maximum absolute atomic E-state index is 10.3. The third kappa shape index (κ3) is 3.78. The van der Waals surface area contributed by atoms with Crippen molar-refractivity contribution in [2.45, 2.75) is 0 Å². The number of hydrogen-bond donors (Lipinski definition) is 1. The SMILES string of the molecule is O=C(O)c1ccc(Br)cc1.[Ba+2]. The topological polar surface area (TPSA) is 37.3 Å². The van der Waals surface area contributed by atoms with Crippen molar-refractivity contribution in [3.8, 4) is 0 Å². The van der Waals surface area contributed by atoms with Gasteiger partial charge in [0.05, 0.1) is 5.56 Å². The molecular weight excluding hydrogens is 333 g/mol. The molecule has 0 aliphatic rings. The monoisotopic (exact) mass is 338 g/mol. The Kier molecular flexibility index (Phi) is 5.76. The zero-order valence-corrected chi connectivity index (χ0v) is 11.8. The first-order valence-electron chi connectivity index (χ1n) is 2.69. The molecule has 0 aliphatic carbocycles. The summed E-state index contributed by atoms with van der Waals surface area (Å²) < 4.78 is 0.887. The fourth-order valence-corrected chi connectivity index (χ4v) is 0.857. The molecule has 52 valence electrons. The van der Waals surface area contributed by atoms with E-state index in [0.29, 0.717) is 5.56 Å². The summed E-state index contributed by atoms with van der Waals surface area (Å²) in [6.07, 6.45) is 0. The summed E-state index contributed by atoms with van der Waals surface area (Å²) in [4.78, 5) is 10.3. The van der Waals surface area contributed by atoms with Gasteiger partial charge in [-0.3, -0.25) is 0 Å². The molecule has 0 aromatic heterocycles. The first-order chi connectivity index (χ1) is 4.70. The largest absolute Gasteiger partial charge is 2.00 e. The van der Waals surface area contributed by atoms with E-state index in [0.717, 1.165) is 4.47 Å². The summed E-state index contributed by atoms with van der Waals surface area (Å²) in [5.74, 6) is -0.896. The van der Waals surface area contributed by atoms with Crippen molar-refractivity contribution in [3.63, 3.8) is 0 Å². The van der Waals surface area contributed by atoms with Gasteiger partial charge in [-0.15, -0.1) is 0 Å². The minimum absolute atomic E-state index is 0. The van der Waals surface area contributed by atoms with Crippen LogP contribution in [0.25, 0.3) is 0 Å². The molecule has 11 heavy (non-hydrogen) atoms. The van der Waals surface area contributed by atoms with Crippen LogP contribution in [0.1, 0.15) is 10.4 Å². The molecule has 0 aliphatic heterocycles. The van der Waals surface area contributed by atoms with Crippen molar-refractivity contribution >= 4 is 70.8 Å². The molecule has 0 amide bonds. The van der Waals surface area contributed by atoms with Gasteiger partial charge in [0.15, 0.2) is 0 Å². The van der Waals surface area contributed by atoms with Crippen LogP contribution in [0, 0.1) is 0 Å². The van der Waals surface area contributed by atoms with Crippen LogP contribution in [0.15, 0.2) is 28.7 Å². The number of carboxylic acid groups (broad SMARTS) is 1. The minimum atomic E-state index is -0.896. The van der Waals surface area contributed by atoms with E-state index in [4.69, 9.17) is 5.11 Å². The van der Waals surface area contributed by atoms with Crippen LogP contribution in [0.2, 0.25) is 0 Å². The molecular formula is C7H5BaBrO2+2. The van der Waals surface area contributed by atoms with Crippen LogP contribution < -0.4 is 0 Å². The Morgan fingerprint density at radius 3 is 2.09 bits per heavy atom. The van der Waals surface area contributed by atoms with Crippen LogP contribution >= 0.6 is 15.9 Å².